The van der Waals surface area contributed by atoms with Crippen LogP contribution in [0.2, 0.25) is 0 Å². The van der Waals surface area contributed by atoms with E-state index in [0.29, 0.717) is 24.3 Å². The normalized spacial score (nSPS) is 25.9. The Hall–Kier alpha value is -1.38. The second-order valence-corrected chi connectivity index (χ2v) is 6.90. The Morgan fingerprint density at radius 3 is 2.62 bits per heavy atom. The van der Waals surface area contributed by atoms with Gasteiger partial charge in [0.25, 0.3) is 0 Å². The number of hydrogen-bond acceptors (Lipinski definition) is 2. The number of hydrogen-bond donors (Lipinski definition) is 0. The number of carbonyl (C=O) groups is 1. The summed E-state index contributed by atoms with van der Waals surface area (Å²) in [6.07, 6.45) is 7.39. The number of aromatic nitrogens is 1. The van der Waals surface area contributed by atoms with E-state index in [9.17, 15) is 4.79 Å². The van der Waals surface area contributed by atoms with Crippen molar-refractivity contribution in [2.24, 2.45) is 17.8 Å². The molecule has 1 fully saturated rings. The van der Waals surface area contributed by atoms with E-state index in [2.05, 4.69) is 20.8 Å². The fraction of sp³-hybridized carbons (Fsp3) is 0.667. The SMILES string of the molecule is Cc1cc[n+](CC(=O)O[C@@H]2C[C@@H](C)CC[C@H]2C(C)C)cc1. The molecule has 1 aromatic heterocycles. The molecule has 3 nitrogen and oxygen atoms in total. The molecular formula is C18H28NO2+. The van der Waals surface area contributed by atoms with E-state index in [1.54, 1.807) is 0 Å². The van der Waals surface area contributed by atoms with Crippen LogP contribution < -0.4 is 4.57 Å². The molecule has 0 saturated heterocycles. The number of nitrogens with zero attached hydrogens (tertiary/aromatic N) is 1. The van der Waals surface area contributed by atoms with E-state index in [4.69, 9.17) is 4.74 Å². The third-order valence-electron chi connectivity index (χ3n) is 4.61. The third-order valence-corrected chi connectivity index (χ3v) is 4.61. The van der Waals surface area contributed by atoms with Crippen molar-refractivity contribution >= 4 is 5.97 Å². The molecule has 2 rings (SSSR count). The highest BCUT2D eigenvalue weighted by Crippen LogP contribution is 2.35. The number of rotatable bonds is 4. The smallest absolute Gasteiger partial charge is 0.372 e. The third kappa shape index (κ3) is 4.55. The molecule has 0 bridgehead atoms. The molecule has 3 atom stereocenters. The van der Waals surface area contributed by atoms with Crippen LogP contribution in [0.3, 0.4) is 0 Å². The predicted molar refractivity (Wildman–Crippen MR) is 82.6 cm³/mol. The van der Waals surface area contributed by atoms with Gasteiger partial charge in [-0.15, -0.1) is 0 Å². The van der Waals surface area contributed by atoms with E-state index in [-0.39, 0.29) is 12.1 Å². The minimum Gasteiger partial charge on any atom is -0.457 e. The Morgan fingerprint density at radius 2 is 2.00 bits per heavy atom. The van der Waals surface area contributed by atoms with Crippen molar-refractivity contribution in [1.29, 1.82) is 0 Å². The summed E-state index contributed by atoms with van der Waals surface area (Å²) >= 11 is 0. The zero-order valence-electron chi connectivity index (χ0n) is 13.7. The van der Waals surface area contributed by atoms with E-state index in [1.807, 2.05) is 36.0 Å². The van der Waals surface area contributed by atoms with Gasteiger partial charge in [0, 0.05) is 12.1 Å². The van der Waals surface area contributed by atoms with Gasteiger partial charge in [-0.1, -0.05) is 27.2 Å². The van der Waals surface area contributed by atoms with Crippen LogP contribution in [0.4, 0.5) is 0 Å². The molecule has 0 aliphatic heterocycles. The van der Waals surface area contributed by atoms with E-state index in [1.165, 1.54) is 18.4 Å². The first-order valence-electron chi connectivity index (χ1n) is 8.11. The van der Waals surface area contributed by atoms with Crippen LogP contribution in [-0.2, 0) is 16.1 Å². The second-order valence-electron chi connectivity index (χ2n) is 6.90. The quantitative estimate of drug-likeness (QED) is 0.629. The number of pyridine rings is 1. The van der Waals surface area contributed by atoms with Crippen LogP contribution in [0.5, 0.6) is 0 Å². The first-order valence-corrected chi connectivity index (χ1v) is 8.11. The minimum absolute atomic E-state index is 0.0901. The van der Waals surface area contributed by atoms with Crippen molar-refractivity contribution in [3.63, 3.8) is 0 Å². The van der Waals surface area contributed by atoms with Crippen LogP contribution in [0.25, 0.3) is 0 Å². The van der Waals surface area contributed by atoms with Crippen LogP contribution in [-0.4, -0.2) is 12.1 Å². The summed E-state index contributed by atoms with van der Waals surface area (Å²) in [5.74, 6) is 1.62. The van der Waals surface area contributed by atoms with Crippen LogP contribution in [0, 0.1) is 24.7 Å². The average molecular weight is 290 g/mol. The van der Waals surface area contributed by atoms with Gasteiger partial charge in [0.05, 0.1) is 0 Å². The van der Waals surface area contributed by atoms with Crippen molar-refractivity contribution < 1.29 is 14.1 Å². The zero-order valence-corrected chi connectivity index (χ0v) is 13.7. The molecule has 1 aromatic rings. The molecule has 0 amide bonds. The molecule has 1 heterocycles. The Balaban J connectivity index is 1.94. The van der Waals surface area contributed by atoms with Crippen LogP contribution in [0.1, 0.15) is 45.6 Å². The van der Waals surface area contributed by atoms with Crippen molar-refractivity contribution in [3.05, 3.63) is 30.1 Å². The highest BCUT2D eigenvalue weighted by atomic mass is 16.5. The Labute approximate surface area is 128 Å². The van der Waals surface area contributed by atoms with Gasteiger partial charge in [0.2, 0.25) is 6.54 Å². The van der Waals surface area contributed by atoms with Crippen LogP contribution >= 0.6 is 0 Å². The molecular weight excluding hydrogens is 262 g/mol. The molecule has 0 aromatic carbocycles. The average Bonchev–Trinajstić information content (AvgIpc) is 2.41. The molecule has 1 aliphatic rings. The number of ether oxygens (including phenoxy) is 1. The maximum absolute atomic E-state index is 12.2. The van der Waals surface area contributed by atoms with Crippen molar-refractivity contribution in [1.82, 2.24) is 0 Å². The lowest BCUT2D eigenvalue weighted by molar-refractivity contribution is -0.686. The lowest BCUT2D eigenvalue weighted by atomic mass is 9.75. The van der Waals surface area contributed by atoms with E-state index < -0.39 is 0 Å². The molecule has 0 radical (unpaired) electrons. The van der Waals surface area contributed by atoms with E-state index in [0.717, 1.165) is 6.42 Å². The van der Waals surface area contributed by atoms with Gasteiger partial charge in [-0.3, -0.25) is 0 Å². The number of carbonyl (C=O) groups excluding carboxylic acids is 1. The Kier molecular flexibility index (Phi) is 5.38. The lowest BCUT2D eigenvalue weighted by Gasteiger charge is -2.36. The molecule has 3 heteroatoms. The van der Waals surface area contributed by atoms with Crippen molar-refractivity contribution in [2.45, 2.75) is 59.6 Å². The minimum atomic E-state index is -0.117. The summed E-state index contributed by atoms with van der Waals surface area (Å²) in [7, 11) is 0. The maximum atomic E-state index is 12.2. The molecule has 0 N–H and O–H groups in total. The van der Waals surface area contributed by atoms with Gasteiger partial charge in [-0.2, -0.15) is 4.57 Å². The standard InChI is InChI=1S/C18H28NO2/c1-13(2)16-6-5-15(4)11-17(16)21-18(20)12-19-9-7-14(3)8-10-19/h7-10,13,15-17H,5-6,11-12H2,1-4H3/q+1/t15-,16-,17+/m0/s1. The van der Waals surface area contributed by atoms with Gasteiger partial charge in [0.15, 0.2) is 12.4 Å². The summed E-state index contributed by atoms with van der Waals surface area (Å²) in [6, 6.07) is 4.01. The first kappa shape index (κ1) is 16.0. The summed E-state index contributed by atoms with van der Waals surface area (Å²) < 4.78 is 7.69. The fourth-order valence-electron chi connectivity index (χ4n) is 3.24. The summed E-state index contributed by atoms with van der Waals surface area (Å²) in [5.41, 5.74) is 1.19. The molecule has 21 heavy (non-hydrogen) atoms. The second kappa shape index (κ2) is 7.06. The maximum Gasteiger partial charge on any atom is 0.372 e. The number of aryl methyl sites for hydroxylation is 1. The molecule has 0 spiro atoms. The predicted octanol–water partition coefficient (Wildman–Crippen LogP) is 3.29. The zero-order chi connectivity index (χ0) is 15.4. The summed E-state index contributed by atoms with van der Waals surface area (Å²) in [4.78, 5) is 12.2. The fourth-order valence-corrected chi connectivity index (χ4v) is 3.24. The van der Waals surface area contributed by atoms with Crippen molar-refractivity contribution in [3.8, 4) is 0 Å². The number of esters is 1. The Bertz CT molecular complexity index is 467. The topological polar surface area (TPSA) is 30.2 Å². The lowest BCUT2D eigenvalue weighted by Crippen LogP contribution is -2.42. The first-order chi connectivity index (χ1) is 9.95. The molecule has 116 valence electrons. The van der Waals surface area contributed by atoms with E-state index >= 15 is 0 Å². The van der Waals surface area contributed by atoms with Gasteiger partial charge in [0.1, 0.15) is 6.10 Å². The Morgan fingerprint density at radius 1 is 1.33 bits per heavy atom. The van der Waals surface area contributed by atoms with Gasteiger partial charge < -0.3 is 4.74 Å². The van der Waals surface area contributed by atoms with Crippen LogP contribution in [0.15, 0.2) is 24.5 Å². The molecule has 1 aliphatic carbocycles. The molecule has 1 saturated carbocycles. The van der Waals surface area contributed by atoms with Gasteiger partial charge in [-0.25, -0.2) is 4.79 Å². The highest BCUT2D eigenvalue weighted by molar-refractivity contribution is 5.67. The molecule has 0 unspecified atom stereocenters. The summed E-state index contributed by atoms with van der Waals surface area (Å²) in [5, 5.41) is 0. The van der Waals surface area contributed by atoms with Gasteiger partial charge >= 0.3 is 5.97 Å². The summed E-state index contributed by atoms with van der Waals surface area (Å²) in [6.45, 7) is 9.06. The highest BCUT2D eigenvalue weighted by Gasteiger charge is 2.33. The monoisotopic (exact) mass is 290 g/mol. The van der Waals surface area contributed by atoms with Gasteiger partial charge in [-0.05, 0) is 43.1 Å². The largest absolute Gasteiger partial charge is 0.457 e. The van der Waals surface area contributed by atoms with Crippen molar-refractivity contribution in [2.75, 3.05) is 0 Å².